The third kappa shape index (κ3) is 9.94. The van der Waals surface area contributed by atoms with Crippen LogP contribution in [0, 0.1) is 17.2 Å². The number of halogens is 3. The number of ether oxygens (including phenoxy) is 1. The first-order valence-electron chi connectivity index (χ1n) is 14.1. The molecule has 0 radical (unpaired) electrons. The van der Waals surface area contributed by atoms with Gasteiger partial charge in [-0.1, -0.05) is 17.3 Å². The van der Waals surface area contributed by atoms with Crippen LogP contribution in [0.25, 0.3) is 0 Å². The van der Waals surface area contributed by atoms with Crippen molar-refractivity contribution < 1.29 is 27.5 Å². The van der Waals surface area contributed by atoms with Gasteiger partial charge in [-0.15, -0.1) is 5.10 Å². The normalized spacial score (nSPS) is 14.9. The van der Waals surface area contributed by atoms with Crippen LogP contribution in [0.5, 0.6) is 5.75 Å². The van der Waals surface area contributed by atoms with Crippen LogP contribution in [0.4, 0.5) is 18.9 Å². The minimum absolute atomic E-state index is 0.0130. The van der Waals surface area contributed by atoms with E-state index >= 15 is 0 Å². The Bertz CT molecular complexity index is 1540. The molecule has 1 aromatic carbocycles. The van der Waals surface area contributed by atoms with Gasteiger partial charge in [0.15, 0.2) is 5.69 Å². The number of aromatic nitrogens is 4. The van der Waals surface area contributed by atoms with Gasteiger partial charge < -0.3 is 19.9 Å². The Morgan fingerprint density at radius 2 is 2.00 bits per heavy atom. The smallest absolute Gasteiger partial charge is 0.394 e. The number of carbonyl (C=O) groups is 2. The van der Waals surface area contributed by atoms with Crippen LogP contribution >= 0.6 is 0 Å². The number of aryl methyl sites for hydroxylation is 1. The van der Waals surface area contributed by atoms with Gasteiger partial charge in [-0.2, -0.15) is 14.0 Å². The predicted octanol–water partition coefficient (Wildman–Crippen LogP) is 2.96. The maximum absolute atomic E-state index is 14.7. The van der Waals surface area contributed by atoms with E-state index in [-0.39, 0.29) is 55.9 Å². The molecule has 2 aromatic heterocycles. The van der Waals surface area contributed by atoms with E-state index in [1.165, 1.54) is 45.9 Å². The summed E-state index contributed by atoms with van der Waals surface area (Å²) >= 11 is 0. The third-order valence-electron chi connectivity index (χ3n) is 6.91. The van der Waals surface area contributed by atoms with Crippen molar-refractivity contribution in [2.45, 2.75) is 58.1 Å². The zero-order chi connectivity index (χ0) is 31.7. The number of likely N-dealkylation sites (tertiary alicyclic amines) is 1. The molecule has 3 heterocycles. The molecular weight excluding hydrogens is 581 g/mol. The summed E-state index contributed by atoms with van der Waals surface area (Å²) in [6.07, 6.45) is -0.534. The number of carbonyl (C=O) groups excluding carboxylic acids is 2. The molecule has 1 fully saturated rings. The largest absolute Gasteiger partial charge is 0.433 e. The number of alkyl halides is 3. The fourth-order valence-corrected chi connectivity index (χ4v) is 4.66. The fourth-order valence-electron chi connectivity index (χ4n) is 4.66. The highest BCUT2D eigenvalue weighted by Crippen LogP contribution is 2.22. The van der Waals surface area contributed by atoms with E-state index in [4.69, 9.17) is 5.26 Å². The van der Waals surface area contributed by atoms with Crippen molar-refractivity contribution in [3.8, 4) is 11.8 Å². The molecule has 1 aliphatic heterocycles. The molecule has 0 bridgehead atoms. The number of amides is 2. The lowest BCUT2D eigenvalue weighted by Crippen LogP contribution is -2.39. The third-order valence-corrected chi connectivity index (χ3v) is 6.91. The van der Waals surface area contributed by atoms with Crippen molar-refractivity contribution in [2.24, 2.45) is 5.92 Å². The number of hydrogen-bond donors (Lipinski definition) is 2. The summed E-state index contributed by atoms with van der Waals surface area (Å²) < 4.78 is 47.9. The molecule has 3 aromatic rings. The Hall–Kier alpha value is -4.71. The number of nitrogens with zero attached hydrogens (tertiary/aromatic N) is 6. The second kappa shape index (κ2) is 14.6. The standard InChI is InChI=1S/C29H33F3N8O4/c1-29(31,32)44-24-4-2-3-21(13-24)16-34-28(43)25-18-40(37-36-25)17-22(30)7-11-39-12-8-23(14-27(39)42)35-26(41)19-38-9-5-20(15-33)6-10-38/h2-4,8,12-14,18,20,22H,5-7,9-11,16-17,19H2,1H3,(H,34,43)(H,35,41). The number of pyridine rings is 1. The Morgan fingerprint density at radius 1 is 1.23 bits per heavy atom. The summed E-state index contributed by atoms with van der Waals surface area (Å²) in [6.45, 7) is 2.03. The maximum Gasteiger partial charge on any atom is 0.394 e. The Labute approximate surface area is 251 Å². The molecule has 0 saturated carbocycles. The zero-order valence-corrected chi connectivity index (χ0v) is 24.1. The fraction of sp³-hybridized carbons (Fsp3) is 0.448. The average molecular weight is 615 g/mol. The van der Waals surface area contributed by atoms with Crippen LogP contribution in [-0.4, -0.2) is 68.2 Å². The Kier molecular flexibility index (Phi) is 10.7. The lowest BCUT2D eigenvalue weighted by molar-refractivity contribution is -0.159. The minimum Gasteiger partial charge on any atom is -0.433 e. The molecule has 2 N–H and O–H groups in total. The minimum atomic E-state index is -3.34. The molecule has 44 heavy (non-hydrogen) atoms. The van der Waals surface area contributed by atoms with Gasteiger partial charge >= 0.3 is 6.11 Å². The number of nitriles is 1. The summed E-state index contributed by atoms with van der Waals surface area (Å²) in [5.74, 6) is -0.863. The van der Waals surface area contributed by atoms with Crippen molar-refractivity contribution >= 4 is 17.5 Å². The van der Waals surface area contributed by atoms with Gasteiger partial charge in [0.05, 0.1) is 25.4 Å². The van der Waals surface area contributed by atoms with Crippen molar-refractivity contribution in [3.05, 3.63) is 70.4 Å². The Morgan fingerprint density at radius 3 is 2.70 bits per heavy atom. The van der Waals surface area contributed by atoms with Crippen molar-refractivity contribution in [2.75, 3.05) is 25.0 Å². The van der Waals surface area contributed by atoms with Crippen LogP contribution in [0.3, 0.4) is 0 Å². The average Bonchev–Trinajstić information content (AvgIpc) is 3.43. The molecule has 12 nitrogen and oxygen atoms in total. The van der Waals surface area contributed by atoms with E-state index in [1.54, 1.807) is 12.1 Å². The topological polar surface area (TPSA) is 147 Å². The lowest BCUT2D eigenvalue weighted by Gasteiger charge is -2.28. The quantitative estimate of drug-likeness (QED) is 0.299. The van der Waals surface area contributed by atoms with E-state index in [0.717, 1.165) is 12.8 Å². The van der Waals surface area contributed by atoms with Gasteiger partial charge in [-0.25, -0.2) is 9.07 Å². The van der Waals surface area contributed by atoms with Crippen LogP contribution in [0.15, 0.2) is 53.6 Å². The predicted molar refractivity (Wildman–Crippen MR) is 153 cm³/mol. The van der Waals surface area contributed by atoms with Crippen molar-refractivity contribution in [1.29, 1.82) is 5.26 Å². The van der Waals surface area contributed by atoms with Gasteiger partial charge in [0.2, 0.25) is 5.91 Å². The number of anilines is 1. The molecule has 0 aliphatic carbocycles. The number of piperidine rings is 1. The lowest BCUT2D eigenvalue weighted by atomic mass is 9.99. The second-order valence-corrected chi connectivity index (χ2v) is 10.6. The van der Waals surface area contributed by atoms with Gasteiger partial charge in [-0.05, 0) is 56.1 Å². The molecule has 234 valence electrons. The molecule has 1 saturated heterocycles. The van der Waals surface area contributed by atoms with E-state index in [0.29, 0.717) is 31.3 Å². The molecule has 0 spiro atoms. The van der Waals surface area contributed by atoms with E-state index < -0.39 is 23.7 Å². The molecule has 1 atom stereocenters. The zero-order valence-electron chi connectivity index (χ0n) is 24.1. The highest BCUT2D eigenvalue weighted by atomic mass is 19.3. The number of benzene rings is 1. The van der Waals surface area contributed by atoms with E-state index in [9.17, 15) is 27.6 Å². The molecular formula is C29H33F3N8O4. The molecule has 2 amide bonds. The summed E-state index contributed by atoms with van der Waals surface area (Å²) in [6, 6.07) is 11.0. The summed E-state index contributed by atoms with van der Waals surface area (Å²) in [7, 11) is 0. The number of rotatable bonds is 13. The van der Waals surface area contributed by atoms with Crippen LogP contribution in [-0.2, 0) is 24.4 Å². The van der Waals surface area contributed by atoms with Gasteiger partial charge in [0.25, 0.3) is 11.5 Å². The van der Waals surface area contributed by atoms with Crippen LogP contribution < -0.4 is 20.9 Å². The first-order chi connectivity index (χ1) is 21.0. The number of hydrogen-bond acceptors (Lipinski definition) is 8. The molecule has 4 rings (SSSR count). The first kappa shape index (κ1) is 32.2. The van der Waals surface area contributed by atoms with E-state index in [2.05, 4.69) is 31.8 Å². The summed E-state index contributed by atoms with van der Waals surface area (Å²) in [5, 5.41) is 21.8. The van der Waals surface area contributed by atoms with Gasteiger partial charge in [0, 0.05) is 43.9 Å². The van der Waals surface area contributed by atoms with Crippen molar-refractivity contribution in [1.82, 2.24) is 29.8 Å². The highest BCUT2D eigenvalue weighted by molar-refractivity contribution is 5.92. The van der Waals surface area contributed by atoms with Gasteiger partial charge in [-0.3, -0.25) is 19.3 Å². The van der Waals surface area contributed by atoms with E-state index in [1.807, 2.05) is 4.90 Å². The maximum atomic E-state index is 14.7. The Balaban J connectivity index is 1.20. The summed E-state index contributed by atoms with van der Waals surface area (Å²) in [5.41, 5.74) is 0.419. The molecule has 15 heteroatoms. The summed E-state index contributed by atoms with van der Waals surface area (Å²) in [4.78, 5) is 39.3. The molecule has 1 unspecified atom stereocenters. The second-order valence-electron chi connectivity index (χ2n) is 10.6. The monoisotopic (exact) mass is 614 g/mol. The first-order valence-corrected chi connectivity index (χ1v) is 14.1. The number of nitrogens with one attached hydrogen (secondary N) is 2. The van der Waals surface area contributed by atoms with Gasteiger partial charge in [0.1, 0.15) is 11.9 Å². The van der Waals surface area contributed by atoms with Crippen LogP contribution in [0.2, 0.25) is 0 Å². The SMILES string of the molecule is CC(F)(F)Oc1cccc(CNC(=O)c2cn(CC(F)CCn3ccc(NC(=O)CN4CCC(C#N)CC4)cc3=O)nn2)c1. The van der Waals surface area contributed by atoms with Crippen molar-refractivity contribution in [3.63, 3.8) is 0 Å². The molecule has 1 aliphatic rings. The highest BCUT2D eigenvalue weighted by Gasteiger charge is 2.23. The van der Waals surface area contributed by atoms with Crippen LogP contribution in [0.1, 0.15) is 42.2 Å².